The van der Waals surface area contributed by atoms with E-state index in [1.165, 1.54) is 9.44 Å². The number of nitrogens with zero attached hydrogens (tertiary/aromatic N) is 1. The van der Waals surface area contributed by atoms with Crippen molar-refractivity contribution in [1.29, 1.82) is 0 Å². The average Bonchev–Trinajstić information content (AvgIpc) is 2.91. The Labute approximate surface area is 130 Å². The molecule has 21 heavy (non-hydrogen) atoms. The van der Waals surface area contributed by atoms with Gasteiger partial charge in [-0.1, -0.05) is 6.92 Å². The molecule has 6 heteroatoms. The SMILES string of the molecule is CCc1cc2c(=O)n(-c3ccc(OC)cc3)c(=S)[nH]c2s1. The fourth-order valence-corrected chi connectivity index (χ4v) is 3.54. The highest BCUT2D eigenvalue weighted by Crippen LogP contribution is 2.22. The molecule has 3 rings (SSSR count). The molecular weight excluding hydrogens is 304 g/mol. The lowest BCUT2D eigenvalue weighted by Gasteiger charge is -2.07. The standard InChI is InChI=1S/C15H14N2O2S2/c1-3-11-8-12-13(21-11)16-15(20)17(14(12)18)9-4-6-10(19-2)7-5-9/h4-8H,3H2,1-2H3,(H,16,20). The van der Waals surface area contributed by atoms with E-state index in [9.17, 15) is 4.79 Å². The molecule has 3 aromatic rings. The van der Waals surface area contributed by atoms with Crippen LogP contribution < -0.4 is 10.3 Å². The first kappa shape index (κ1) is 14.0. The van der Waals surface area contributed by atoms with Crippen LogP contribution in [0.25, 0.3) is 15.9 Å². The van der Waals surface area contributed by atoms with Crippen LogP contribution in [0.4, 0.5) is 0 Å². The number of hydrogen-bond acceptors (Lipinski definition) is 4. The molecular formula is C15H14N2O2S2. The van der Waals surface area contributed by atoms with Gasteiger partial charge in [-0.05, 0) is 49.0 Å². The number of methoxy groups -OCH3 is 1. The zero-order valence-corrected chi connectivity index (χ0v) is 13.3. The van der Waals surface area contributed by atoms with Gasteiger partial charge in [0, 0.05) is 4.88 Å². The Balaban J connectivity index is 2.26. The molecule has 1 N–H and O–H groups in total. The monoisotopic (exact) mass is 318 g/mol. The summed E-state index contributed by atoms with van der Waals surface area (Å²) in [7, 11) is 1.61. The molecule has 0 bridgehead atoms. The summed E-state index contributed by atoms with van der Waals surface area (Å²) in [4.78, 5) is 17.8. The third-order valence-corrected chi connectivity index (χ3v) is 4.80. The Bertz CT molecular complexity index is 904. The highest BCUT2D eigenvalue weighted by atomic mass is 32.1. The van der Waals surface area contributed by atoms with Crippen molar-refractivity contribution in [2.24, 2.45) is 0 Å². The van der Waals surface area contributed by atoms with Crippen LogP contribution in [0.3, 0.4) is 0 Å². The van der Waals surface area contributed by atoms with E-state index < -0.39 is 0 Å². The second-order valence-electron chi connectivity index (χ2n) is 4.58. The fourth-order valence-electron chi connectivity index (χ4n) is 2.20. The van der Waals surface area contributed by atoms with E-state index in [2.05, 4.69) is 11.9 Å². The van der Waals surface area contributed by atoms with Gasteiger partial charge in [0.25, 0.3) is 5.56 Å². The number of rotatable bonds is 3. The molecule has 0 radical (unpaired) electrons. The number of H-pyrrole nitrogens is 1. The Kier molecular flexibility index (Phi) is 3.65. The topological polar surface area (TPSA) is 47.0 Å². The van der Waals surface area contributed by atoms with Crippen molar-refractivity contribution in [3.63, 3.8) is 0 Å². The second-order valence-corrected chi connectivity index (χ2v) is 6.10. The van der Waals surface area contributed by atoms with Crippen LogP contribution in [0.5, 0.6) is 5.75 Å². The van der Waals surface area contributed by atoms with Crippen LogP contribution in [-0.4, -0.2) is 16.7 Å². The van der Waals surface area contributed by atoms with Gasteiger partial charge >= 0.3 is 0 Å². The summed E-state index contributed by atoms with van der Waals surface area (Å²) in [6.45, 7) is 2.07. The van der Waals surface area contributed by atoms with Crippen molar-refractivity contribution >= 4 is 33.8 Å². The van der Waals surface area contributed by atoms with E-state index in [-0.39, 0.29) is 5.56 Å². The zero-order chi connectivity index (χ0) is 15.0. The third kappa shape index (κ3) is 2.41. The van der Waals surface area contributed by atoms with Crippen LogP contribution in [0.15, 0.2) is 35.1 Å². The molecule has 0 aliphatic carbocycles. The minimum absolute atomic E-state index is 0.0881. The number of aromatic nitrogens is 2. The summed E-state index contributed by atoms with van der Waals surface area (Å²) in [5.41, 5.74) is 0.642. The molecule has 1 aromatic carbocycles. The molecule has 2 aromatic heterocycles. The van der Waals surface area contributed by atoms with Gasteiger partial charge in [-0.15, -0.1) is 11.3 Å². The van der Waals surface area contributed by atoms with Crippen molar-refractivity contribution in [3.8, 4) is 11.4 Å². The Morgan fingerprint density at radius 3 is 2.67 bits per heavy atom. The van der Waals surface area contributed by atoms with Crippen molar-refractivity contribution in [1.82, 2.24) is 9.55 Å². The van der Waals surface area contributed by atoms with E-state index >= 15 is 0 Å². The molecule has 0 saturated carbocycles. The molecule has 0 aliphatic rings. The first-order valence-corrected chi connectivity index (χ1v) is 7.78. The molecule has 0 fully saturated rings. The molecule has 0 amide bonds. The predicted octanol–water partition coefficient (Wildman–Crippen LogP) is 3.68. The van der Waals surface area contributed by atoms with Gasteiger partial charge in [0.2, 0.25) is 0 Å². The van der Waals surface area contributed by atoms with Gasteiger partial charge < -0.3 is 9.72 Å². The van der Waals surface area contributed by atoms with Gasteiger partial charge in [-0.3, -0.25) is 9.36 Å². The number of nitrogens with one attached hydrogen (secondary N) is 1. The van der Waals surface area contributed by atoms with E-state index in [1.54, 1.807) is 18.4 Å². The summed E-state index contributed by atoms with van der Waals surface area (Å²) in [6, 6.07) is 9.21. The van der Waals surface area contributed by atoms with Gasteiger partial charge in [0.1, 0.15) is 10.6 Å². The normalized spacial score (nSPS) is 11.0. The van der Waals surface area contributed by atoms with E-state index in [1.807, 2.05) is 30.3 Å². The number of thiophene rings is 1. The number of hydrogen-bond donors (Lipinski definition) is 1. The van der Waals surface area contributed by atoms with Crippen LogP contribution >= 0.6 is 23.6 Å². The quantitative estimate of drug-likeness (QED) is 0.749. The summed E-state index contributed by atoms with van der Waals surface area (Å²) in [6.07, 6.45) is 0.905. The predicted molar refractivity (Wildman–Crippen MR) is 88.5 cm³/mol. The largest absolute Gasteiger partial charge is 0.497 e. The van der Waals surface area contributed by atoms with Gasteiger partial charge in [-0.25, -0.2) is 0 Å². The van der Waals surface area contributed by atoms with Crippen molar-refractivity contribution in [3.05, 3.63) is 50.3 Å². The number of benzene rings is 1. The molecule has 0 saturated heterocycles. The van der Waals surface area contributed by atoms with Crippen LogP contribution in [0, 0.1) is 4.77 Å². The molecule has 4 nitrogen and oxygen atoms in total. The fraction of sp³-hybridized carbons (Fsp3) is 0.200. The average molecular weight is 318 g/mol. The lowest BCUT2D eigenvalue weighted by atomic mass is 10.3. The van der Waals surface area contributed by atoms with E-state index in [0.29, 0.717) is 10.2 Å². The summed E-state index contributed by atoms with van der Waals surface area (Å²) in [5.74, 6) is 0.742. The molecule has 0 spiro atoms. The lowest BCUT2D eigenvalue weighted by molar-refractivity contribution is 0.414. The highest BCUT2D eigenvalue weighted by molar-refractivity contribution is 7.71. The van der Waals surface area contributed by atoms with Crippen molar-refractivity contribution in [2.45, 2.75) is 13.3 Å². The van der Waals surface area contributed by atoms with Crippen molar-refractivity contribution < 1.29 is 4.74 Å². The zero-order valence-electron chi connectivity index (χ0n) is 11.7. The first-order chi connectivity index (χ1) is 10.1. The Hall–Kier alpha value is -1.92. The highest BCUT2D eigenvalue weighted by Gasteiger charge is 2.10. The van der Waals surface area contributed by atoms with Crippen molar-refractivity contribution in [2.75, 3.05) is 7.11 Å². The van der Waals surface area contributed by atoms with Crippen LogP contribution in [-0.2, 0) is 6.42 Å². The third-order valence-electron chi connectivity index (χ3n) is 3.32. The second kappa shape index (κ2) is 5.46. The molecule has 0 unspecified atom stereocenters. The maximum Gasteiger partial charge on any atom is 0.267 e. The maximum absolute atomic E-state index is 12.7. The molecule has 0 aliphatic heterocycles. The maximum atomic E-state index is 12.7. The Morgan fingerprint density at radius 2 is 2.05 bits per heavy atom. The smallest absolute Gasteiger partial charge is 0.267 e. The molecule has 108 valence electrons. The van der Waals surface area contributed by atoms with Gasteiger partial charge in [-0.2, -0.15) is 0 Å². The number of ether oxygens (including phenoxy) is 1. The van der Waals surface area contributed by atoms with Crippen LogP contribution in [0.2, 0.25) is 0 Å². The molecule has 2 heterocycles. The Morgan fingerprint density at radius 1 is 1.33 bits per heavy atom. The molecule has 0 atom stereocenters. The minimum Gasteiger partial charge on any atom is -0.497 e. The number of aryl methyl sites for hydroxylation is 1. The van der Waals surface area contributed by atoms with Gasteiger partial charge in [0.05, 0.1) is 18.2 Å². The number of aromatic amines is 1. The lowest BCUT2D eigenvalue weighted by Crippen LogP contribution is -2.19. The number of fused-ring (bicyclic) bond motifs is 1. The minimum atomic E-state index is -0.0881. The summed E-state index contributed by atoms with van der Waals surface area (Å²) >= 11 is 6.92. The van der Waals surface area contributed by atoms with Crippen LogP contribution in [0.1, 0.15) is 11.8 Å². The van der Waals surface area contributed by atoms with E-state index in [4.69, 9.17) is 17.0 Å². The summed E-state index contributed by atoms with van der Waals surface area (Å²) in [5, 5.41) is 0.682. The van der Waals surface area contributed by atoms with E-state index in [0.717, 1.165) is 22.7 Å². The summed E-state index contributed by atoms with van der Waals surface area (Å²) < 4.78 is 7.06. The van der Waals surface area contributed by atoms with Gasteiger partial charge in [0.15, 0.2) is 4.77 Å². The first-order valence-electron chi connectivity index (χ1n) is 6.56.